The van der Waals surface area contributed by atoms with Crippen molar-refractivity contribution in [2.24, 2.45) is 0 Å². The predicted molar refractivity (Wildman–Crippen MR) is 102 cm³/mol. The van der Waals surface area contributed by atoms with Crippen molar-refractivity contribution in [1.29, 1.82) is 0 Å². The van der Waals surface area contributed by atoms with Gasteiger partial charge in [-0.1, -0.05) is 11.6 Å². The lowest BCUT2D eigenvalue weighted by molar-refractivity contribution is -0.117. The van der Waals surface area contributed by atoms with Crippen LogP contribution in [-0.4, -0.2) is 41.7 Å². The number of carbonyl (C=O) groups excluding carboxylic acids is 1. The highest BCUT2D eigenvalue weighted by Crippen LogP contribution is 2.24. The molecule has 1 amide bonds. The minimum atomic E-state index is -0.0286. The molecular formula is C19H19ClN4O2. The molecule has 1 unspecified atom stereocenters. The van der Waals surface area contributed by atoms with Crippen LogP contribution in [0.2, 0.25) is 5.02 Å². The number of anilines is 1. The van der Waals surface area contributed by atoms with E-state index in [4.69, 9.17) is 16.3 Å². The van der Waals surface area contributed by atoms with Crippen LogP contribution < -0.4 is 10.6 Å². The number of morpholine rings is 1. The molecule has 6 nitrogen and oxygen atoms in total. The molecule has 7 heteroatoms. The molecule has 0 bridgehead atoms. The van der Waals surface area contributed by atoms with E-state index in [-0.39, 0.29) is 11.9 Å². The fourth-order valence-electron chi connectivity index (χ4n) is 3.02. The summed E-state index contributed by atoms with van der Waals surface area (Å²) in [5, 5.41) is 6.86. The van der Waals surface area contributed by atoms with Crippen molar-refractivity contribution < 1.29 is 9.53 Å². The van der Waals surface area contributed by atoms with E-state index >= 15 is 0 Å². The van der Waals surface area contributed by atoms with Gasteiger partial charge < -0.3 is 20.4 Å². The third-order valence-electron chi connectivity index (χ3n) is 4.32. The Morgan fingerprint density at radius 3 is 2.88 bits per heavy atom. The summed E-state index contributed by atoms with van der Waals surface area (Å²) in [4.78, 5) is 20.0. The number of nitrogens with zero attached hydrogens (tertiary/aromatic N) is 1. The third kappa shape index (κ3) is 3.88. The average Bonchev–Trinajstić information content (AvgIpc) is 3.06. The first-order chi connectivity index (χ1) is 12.7. The Kier molecular flexibility index (Phi) is 4.88. The van der Waals surface area contributed by atoms with Crippen LogP contribution in [0.1, 0.15) is 6.42 Å². The Morgan fingerprint density at radius 2 is 2.12 bits per heavy atom. The molecule has 0 radical (unpaired) electrons. The van der Waals surface area contributed by atoms with Crippen LogP contribution in [0.25, 0.3) is 22.4 Å². The van der Waals surface area contributed by atoms with Gasteiger partial charge in [0.1, 0.15) is 5.82 Å². The number of hydrogen-bond acceptors (Lipinski definition) is 4. The summed E-state index contributed by atoms with van der Waals surface area (Å²) in [6.45, 7) is 2.06. The van der Waals surface area contributed by atoms with E-state index in [1.807, 2.05) is 42.5 Å². The third-order valence-corrected chi connectivity index (χ3v) is 4.55. The number of nitrogens with one attached hydrogen (secondary N) is 3. The lowest BCUT2D eigenvalue weighted by Gasteiger charge is -2.23. The van der Waals surface area contributed by atoms with E-state index in [9.17, 15) is 4.79 Å². The van der Waals surface area contributed by atoms with Crippen LogP contribution >= 0.6 is 11.6 Å². The monoisotopic (exact) mass is 370 g/mol. The van der Waals surface area contributed by atoms with Gasteiger partial charge >= 0.3 is 0 Å². The first-order valence-corrected chi connectivity index (χ1v) is 8.92. The second kappa shape index (κ2) is 7.45. The summed E-state index contributed by atoms with van der Waals surface area (Å²) < 4.78 is 5.37. The first kappa shape index (κ1) is 17.0. The number of benzene rings is 2. The van der Waals surface area contributed by atoms with Crippen LogP contribution in [0.3, 0.4) is 0 Å². The van der Waals surface area contributed by atoms with Crippen molar-refractivity contribution in [3.8, 4) is 11.4 Å². The van der Waals surface area contributed by atoms with Crippen LogP contribution in [0.15, 0.2) is 42.5 Å². The van der Waals surface area contributed by atoms with Gasteiger partial charge in [0.15, 0.2) is 0 Å². The maximum absolute atomic E-state index is 12.1. The summed E-state index contributed by atoms with van der Waals surface area (Å²) in [5.74, 6) is 0.739. The standard InChI is InChI=1S/C19H19ClN4O2/c20-13-3-6-16-17(9-13)24-19(23-16)12-1-4-14(5-2-12)22-18(25)10-15-11-26-8-7-21-15/h1-6,9,15,21H,7-8,10-11H2,(H,22,25)(H,23,24). The van der Waals surface area contributed by atoms with Crippen LogP contribution in [0.5, 0.6) is 0 Å². The molecule has 134 valence electrons. The van der Waals surface area contributed by atoms with Crippen molar-refractivity contribution >= 4 is 34.2 Å². The molecule has 4 rings (SSSR count). The van der Waals surface area contributed by atoms with Gasteiger partial charge in [0, 0.05) is 35.3 Å². The number of aromatic amines is 1. The number of amides is 1. The lowest BCUT2D eigenvalue weighted by Crippen LogP contribution is -2.43. The molecule has 1 aliphatic heterocycles. The van der Waals surface area contributed by atoms with E-state index in [1.165, 1.54) is 0 Å². The van der Waals surface area contributed by atoms with Gasteiger partial charge in [-0.05, 0) is 42.5 Å². The summed E-state index contributed by atoms with van der Waals surface area (Å²) in [7, 11) is 0. The number of halogens is 1. The first-order valence-electron chi connectivity index (χ1n) is 8.54. The van der Waals surface area contributed by atoms with E-state index in [0.29, 0.717) is 24.7 Å². The molecule has 0 saturated carbocycles. The zero-order chi connectivity index (χ0) is 17.9. The maximum Gasteiger partial charge on any atom is 0.226 e. The van der Waals surface area contributed by atoms with Gasteiger partial charge in [-0.3, -0.25) is 4.79 Å². The highest BCUT2D eigenvalue weighted by atomic mass is 35.5. The highest BCUT2D eigenvalue weighted by Gasteiger charge is 2.17. The summed E-state index contributed by atoms with van der Waals surface area (Å²) >= 11 is 6.01. The predicted octanol–water partition coefficient (Wildman–Crippen LogP) is 3.20. The fraction of sp³-hybridized carbons (Fsp3) is 0.263. The Labute approximate surface area is 155 Å². The molecule has 26 heavy (non-hydrogen) atoms. The Bertz CT molecular complexity index is 917. The Morgan fingerprint density at radius 1 is 1.27 bits per heavy atom. The van der Waals surface area contributed by atoms with E-state index in [1.54, 1.807) is 0 Å². The zero-order valence-corrected chi connectivity index (χ0v) is 14.8. The smallest absolute Gasteiger partial charge is 0.226 e. The fourth-order valence-corrected chi connectivity index (χ4v) is 3.19. The molecule has 0 aliphatic carbocycles. The van der Waals surface area contributed by atoms with Gasteiger partial charge in [0.05, 0.1) is 24.2 Å². The molecule has 3 N–H and O–H groups in total. The van der Waals surface area contributed by atoms with Gasteiger partial charge in [-0.15, -0.1) is 0 Å². The molecule has 1 saturated heterocycles. The molecule has 2 aromatic carbocycles. The van der Waals surface area contributed by atoms with E-state index in [2.05, 4.69) is 20.6 Å². The van der Waals surface area contributed by atoms with Gasteiger partial charge in [-0.2, -0.15) is 0 Å². The molecule has 1 fully saturated rings. The van der Waals surface area contributed by atoms with Crippen LogP contribution in [-0.2, 0) is 9.53 Å². The number of fused-ring (bicyclic) bond motifs is 1. The minimum absolute atomic E-state index is 0.0286. The van der Waals surface area contributed by atoms with Gasteiger partial charge in [0.2, 0.25) is 5.91 Å². The normalized spacial score (nSPS) is 17.3. The van der Waals surface area contributed by atoms with Crippen molar-refractivity contribution in [3.63, 3.8) is 0 Å². The summed E-state index contributed by atoms with van der Waals surface area (Å²) in [6, 6.07) is 13.2. The Balaban J connectivity index is 1.43. The minimum Gasteiger partial charge on any atom is -0.378 e. The highest BCUT2D eigenvalue weighted by molar-refractivity contribution is 6.31. The lowest BCUT2D eigenvalue weighted by atomic mass is 10.1. The number of imidazole rings is 1. The Hall–Kier alpha value is -2.41. The van der Waals surface area contributed by atoms with Crippen molar-refractivity contribution in [2.45, 2.75) is 12.5 Å². The van der Waals surface area contributed by atoms with Gasteiger partial charge in [-0.25, -0.2) is 4.98 Å². The number of carbonyl (C=O) groups is 1. The van der Waals surface area contributed by atoms with Crippen LogP contribution in [0.4, 0.5) is 5.69 Å². The zero-order valence-electron chi connectivity index (χ0n) is 14.1. The maximum atomic E-state index is 12.1. The largest absolute Gasteiger partial charge is 0.378 e. The number of aromatic nitrogens is 2. The topological polar surface area (TPSA) is 79.0 Å². The molecule has 1 aliphatic rings. The quantitative estimate of drug-likeness (QED) is 0.659. The summed E-state index contributed by atoms with van der Waals surface area (Å²) in [6.07, 6.45) is 0.395. The number of H-pyrrole nitrogens is 1. The second-order valence-corrected chi connectivity index (χ2v) is 6.74. The summed E-state index contributed by atoms with van der Waals surface area (Å²) in [5.41, 5.74) is 3.46. The number of rotatable bonds is 4. The average molecular weight is 371 g/mol. The van der Waals surface area contributed by atoms with Crippen molar-refractivity contribution in [1.82, 2.24) is 15.3 Å². The SMILES string of the molecule is O=C(CC1COCCN1)Nc1ccc(-c2nc3ccc(Cl)cc3[nH]2)cc1. The molecule has 1 aromatic heterocycles. The van der Waals surface area contributed by atoms with Crippen molar-refractivity contribution in [3.05, 3.63) is 47.5 Å². The van der Waals surface area contributed by atoms with E-state index < -0.39 is 0 Å². The molecule has 0 spiro atoms. The van der Waals surface area contributed by atoms with Crippen molar-refractivity contribution in [2.75, 3.05) is 25.1 Å². The van der Waals surface area contributed by atoms with Gasteiger partial charge in [0.25, 0.3) is 0 Å². The molecule has 3 aromatic rings. The number of hydrogen-bond donors (Lipinski definition) is 3. The molecule has 2 heterocycles. The molecular weight excluding hydrogens is 352 g/mol. The second-order valence-electron chi connectivity index (χ2n) is 6.30. The number of ether oxygens (including phenoxy) is 1. The molecule has 1 atom stereocenters. The van der Waals surface area contributed by atoms with Crippen LogP contribution in [0, 0.1) is 0 Å². The van der Waals surface area contributed by atoms with E-state index in [0.717, 1.165) is 34.7 Å².